The lowest BCUT2D eigenvalue weighted by molar-refractivity contribution is 0.414. The summed E-state index contributed by atoms with van der Waals surface area (Å²) < 4.78 is 5.20. The lowest BCUT2D eigenvalue weighted by Crippen LogP contribution is -1.93. The van der Waals surface area contributed by atoms with E-state index in [1.807, 2.05) is 18.2 Å². The van der Waals surface area contributed by atoms with Crippen molar-refractivity contribution in [2.45, 2.75) is 0 Å². The lowest BCUT2D eigenvalue weighted by atomic mass is 10.1. The molecule has 14 heavy (non-hydrogen) atoms. The van der Waals surface area contributed by atoms with E-state index in [0.29, 0.717) is 0 Å². The van der Waals surface area contributed by atoms with Gasteiger partial charge in [0, 0.05) is 32.1 Å². The Kier molecular flexibility index (Phi) is 3.85. The summed E-state index contributed by atoms with van der Waals surface area (Å²) in [6, 6.07) is 5.85. The summed E-state index contributed by atoms with van der Waals surface area (Å²) >= 11 is 0. The van der Waals surface area contributed by atoms with Gasteiger partial charge in [0.25, 0.3) is 0 Å². The van der Waals surface area contributed by atoms with Crippen molar-refractivity contribution in [1.29, 1.82) is 0 Å². The van der Waals surface area contributed by atoms with Gasteiger partial charge in [-0.15, -0.1) is 0 Å². The topological polar surface area (TPSA) is 34.0 Å². The number of rotatable bonds is 3. The highest BCUT2D eigenvalue weighted by molar-refractivity contribution is 5.88. The SMILES string of the molecule is C/N=C/c1ccc(OC)c(/C=N/C)c1. The Morgan fingerprint density at radius 3 is 2.43 bits per heavy atom. The first-order chi connectivity index (χ1) is 6.81. The lowest BCUT2D eigenvalue weighted by Gasteiger charge is -2.04. The van der Waals surface area contributed by atoms with E-state index >= 15 is 0 Å². The average Bonchev–Trinajstić information content (AvgIpc) is 2.19. The maximum absolute atomic E-state index is 5.20. The molecule has 3 nitrogen and oxygen atoms in total. The molecule has 0 heterocycles. The van der Waals surface area contributed by atoms with Crippen LogP contribution in [0, 0.1) is 0 Å². The smallest absolute Gasteiger partial charge is 0.127 e. The maximum atomic E-state index is 5.20. The summed E-state index contributed by atoms with van der Waals surface area (Å²) in [5.74, 6) is 0.823. The Morgan fingerprint density at radius 2 is 1.86 bits per heavy atom. The van der Waals surface area contributed by atoms with Crippen molar-refractivity contribution in [3.8, 4) is 5.75 Å². The van der Waals surface area contributed by atoms with Gasteiger partial charge in [-0.25, -0.2) is 0 Å². The van der Waals surface area contributed by atoms with Gasteiger partial charge in [0.1, 0.15) is 5.75 Å². The highest BCUT2D eigenvalue weighted by Gasteiger charge is 2.00. The second-order valence-electron chi connectivity index (χ2n) is 2.78. The molecular weight excluding hydrogens is 176 g/mol. The highest BCUT2D eigenvalue weighted by Crippen LogP contribution is 2.17. The molecule has 0 aliphatic carbocycles. The summed E-state index contributed by atoms with van der Waals surface area (Å²) in [5, 5.41) is 0. The molecule has 3 heteroatoms. The van der Waals surface area contributed by atoms with Crippen molar-refractivity contribution in [1.82, 2.24) is 0 Å². The van der Waals surface area contributed by atoms with Gasteiger partial charge in [0.05, 0.1) is 7.11 Å². The van der Waals surface area contributed by atoms with E-state index in [0.717, 1.165) is 16.9 Å². The van der Waals surface area contributed by atoms with E-state index in [1.54, 1.807) is 33.6 Å². The fourth-order valence-corrected chi connectivity index (χ4v) is 1.22. The third-order valence-corrected chi connectivity index (χ3v) is 1.80. The number of benzene rings is 1. The second kappa shape index (κ2) is 5.17. The molecule has 0 spiro atoms. The van der Waals surface area contributed by atoms with Crippen LogP contribution in [0.25, 0.3) is 0 Å². The number of hydrogen-bond donors (Lipinski definition) is 0. The number of nitrogens with zero attached hydrogens (tertiary/aromatic N) is 2. The summed E-state index contributed by atoms with van der Waals surface area (Å²) in [6.45, 7) is 0. The van der Waals surface area contributed by atoms with Crippen LogP contribution >= 0.6 is 0 Å². The minimum atomic E-state index is 0.823. The standard InChI is InChI=1S/C11H14N2O/c1-12-7-9-4-5-11(14-3)10(6-9)8-13-2/h4-8H,1-3H3/b12-7+,13-8+. The normalized spacial score (nSPS) is 11.4. The van der Waals surface area contributed by atoms with Gasteiger partial charge in [0.2, 0.25) is 0 Å². The Labute approximate surface area is 84.2 Å². The summed E-state index contributed by atoms with van der Waals surface area (Å²) in [7, 11) is 5.13. The molecule has 0 aromatic heterocycles. The van der Waals surface area contributed by atoms with Crippen LogP contribution in [-0.2, 0) is 0 Å². The fraction of sp³-hybridized carbons (Fsp3) is 0.273. The van der Waals surface area contributed by atoms with Crippen LogP contribution in [0.15, 0.2) is 28.2 Å². The zero-order valence-electron chi connectivity index (χ0n) is 8.69. The summed E-state index contributed by atoms with van der Waals surface area (Å²) in [6.07, 6.45) is 3.57. The molecule has 0 radical (unpaired) electrons. The van der Waals surface area contributed by atoms with E-state index in [9.17, 15) is 0 Å². The molecule has 0 fully saturated rings. The van der Waals surface area contributed by atoms with Gasteiger partial charge < -0.3 is 4.74 Å². The van der Waals surface area contributed by atoms with Gasteiger partial charge in [-0.2, -0.15) is 0 Å². The molecule has 0 aliphatic rings. The molecule has 0 saturated heterocycles. The van der Waals surface area contributed by atoms with E-state index in [4.69, 9.17) is 4.74 Å². The second-order valence-corrected chi connectivity index (χ2v) is 2.78. The number of hydrogen-bond acceptors (Lipinski definition) is 3. The highest BCUT2D eigenvalue weighted by atomic mass is 16.5. The van der Waals surface area contributed by atoms with E-state index in [-0.39, 0.29) is 0 Å². The first kappa shape index (κ1) is 10.4. The minimum absolute atomic E-state index is 0.823. The van der Waals surface area contributed by atoms with Crippen molar-refractivity contribution < 1.29 is 4.74 Å². The molecule has 1 aromatic rings. The molecule has 1 aromatic carbocycles. The Hall–Kier alpha value is -1.64. The van der Waals surface area contributed by atoms with Crippen molar-refractivity contribution in [3.05, 3.63) is 29.3 Å². The van der Waals surface area contributed by atoms with E-state index in [1.165, 1.54) is 0 Å². The molecule has 0 saturated carbocycles. The zero-order chi connectivity index (χ0) is 10.4. The quantitative estimate of drug-likeness (QED) is 0.669. The Morgan fingerprint density at radius 1 is 1.14 bits per heavy atom. The molecule has 0 N–H and O–H groups in total. The van der Waals surface area contributed by atoms with E-state index < -0.39 is 0 Å². The Balaban J connectivity index is 3.13. The average molecular weight is 190 g/mol. The Bertz CT molecular complexity index is 356. The van der Waals surface area contributed by atoms with Crippen molar-refractivity contribution in [2.24, 2.45) is 9.98 Å². The van der Waals surface area contributed by atoms with Crippen LogP contribution in [0.5, 0.6) is 5.75 Å². The van der Waals surface area contributed by atoms with Crippen LogP contribution in [0.1, 0.15) is 11.1 Å². The van der Waals surface area contributed by atoms with Crippen LogP contribution in [0.2, 0.25) is 0 Å². The van der Waals surface area contributed by atoms with Crippen molar-refractivity contribution in [2.75, 3.05) is 21.2 Å². The molecule has 0 amide bonds. The number of aliphatic imine (C=N–C) groups is 2. The third-order valence-electron chi connectivity index (χ3n) is 1.80. The van der Waals surface area contributed by atoms with Crippen molar-refractivity contribution >= 4 is 12.4 Å². The van der Waals surface area contributed by atoms with Crippen LogP contribution in [0.3, 0.4) is 0 Å². The third kappa shape index (κ3) is 2.42. The molecule has 0 unspecified atom stereocenters. The van der Waals surface area contributed by atoms with Gasteiger partial charge in [-0.3, -0.25) is 9.98 Å². The largest absolute Gasteiger partial charge is 0.496 e. The van der Waals surface area contributed by atoms with Gasteiger partial charge in [-0.05, 0) is 23.8 Å². The number of ether oxygens (including phenoxy) is 1. The molecule has 0 aliphatic heterocycles. The molecular formula is C11H14N2O. The fourth-order valence-electron chi connectivity index (χ4n) is 1.22. The molecule has 1 rings (SSSR count). The van der Waals surface area contributed by atoms with Crippen LogP contribution in [-0.4, -0.2) is 33.6 Å². The molecule has 0 atom stereocenters. The molecule has 0 bridgehead atoms. The number of methoxy groups -OCH3 is 1. The van der Waals surface area contributed by atoms with E-state index in [2.05, 4.69) is 9.98 Å². The predicted molar refractivity (Wildman–Crippen MR) is 60.0 cm³/mol. The summed E-state index contributed by atoms with van der Waals surface area (Å²) in [4.78, 5) is 7.92. The zero-order valence-corrected chi connectivity index (χ0v) is 8.69. The maximum Gasteiger partial charge on any atom is 0.127 e. The van der Waals surface area contributed by atoms with Gasteiger partial charge in [-0.1, -0.05) is 0 Å². The monoisotopic (exact) mass is 190 g/mol. The first-order valence-corrected chi connectivity index (χ1v) is 4.34. The minimum Gasteiger partial charge on any atom is -0.496 e. The van der Waals surface area contributed by atoms with Crippen LogP contribution < -0.4 is 4.74 Å². The summed E-state index contributed by atoms with van der Waals surface area (Å²) in [5.41, 5.74) is 2.01. The van der Waals surface area contributed by atoms with Crippen LogP contribution in [0.4, 0.5) is 0 Å². The molecule has 74 valence electrons. The van der Waals surface area contributed by atoms with Crippen molar-refractivity contribution in [3.63, 3.8) is 0 Å². The van der Waals surface area contributed by atoms with Gasteiger partial charge >= 0.3 is 0 Å². The first-order valence-electron chi connectivity index (χ1n) is 4.34. The predicted octanol–water partition coefficient (Wildman–Crippen LogP) is 1.79. The van der Waals surface area contributed by atoms with Gasteiger partial charge in [0.15, 0.2) is 0 Å².